The molecule has 1 aromatic carbocycles. The molecule has 1 fully saturated rings. The molecule has 1 N–H and O–H groups in total. The maximum Gasteiger partial charge on any atom is 0.407 e. The number of alkyl carbamates (subject to hydrolysis) is 1. The number of nitrogens with zero attached hydrogens (tertiary/aromatic N) is 1. The summed E-state index contributed by atoms with van der Waals surface area (Å²) in [4.78, 5) is 26.3. The van der Waals surface area contributed by atoms with Crippen LogP contribution >= 0.6 is 12.6 Å². The molecule has 6 heteroatoms. The van der Waals surface area contributed by atoms with Crippen LogP contribution in [0.5, 0.6) is 0 Å². The average molecular weight is 308 g/mol. The van der Waals surface area contributed by atoms with Crippen LogP contribution in [-0.4, -0.2) is 42.6 Å². The number of likely N-dealkylation sites (tertiary alicyclic amines) is 1. The van der Waals surface area contributed by atoms with Crippen molar-refractivity contribution >= 4 is 24.6 Å². The third kappa shape index (κ3) is 4.14. The van der Waals surface area contributed by atoms with Crippen molar-refractivity contribution in [3.63, 3.8) is 0 Å². The Morgan fingerprint density at radius 1 is 1.33 bits per heavy atom. The van der Waals surface area contributed by atoms with Crippen molar-refractivity contribution in [1.29, 1.82) is 0 Å². The molecule has 1 aromatic rings. The predicted octanol–water partition coefficient (Wildman–Crippen LogP) is 2.33. The molecule has 0 saturated carbocycles. The number of hydrogen-bond donors (Lipinski definition) is 2. The summed E-state index contributed by atoms with van der Waals surface area (Å²) in [5, 5.41) is 2.82. The van der Waals surface area contributed by atoms with Crippen LogP contribution in [0.1, 0.15) is 30.1 Å². The van der Waals surface area contributed by atoms with E-state index < -0.39 is 0 Å². The van der Waals surface area contributed by atoms with Crippen LogP contribution in [0.2, 0.25) is 0 Å². The van der Waals surface area contributed by atoms with Gasteiger partial charge in [0.1, 0.15) is 0 Å². The standard InChI is InChI=1S/C15H20N2O3S/c1-2-20-15(19)16-11-7-9-17(10-8-11)14(18)12-5-3-4-6-13(12)21/h3-6,11,21H,2,7-10H2,1H3,(H,16,19). The number of amides is 2. The zero-order valence-corrected chi connectivity index (χ0v) is 12.9. The van der Waals surface area contributed by atoms with Gasteiger partial charge in [-0.15, -0.1) is 12.6 Å². The minimum Gasteiger partial charge on any atom is -0.450 e. The molecule has 1 saturated heterocycles. The molecule has 0 aliphatic carbocycles. The van der Waals surface area contributed by atoms with Gasteiger partial charge in [0.25, 0.3) is 5.91 Å². The SMILES string of the molecule is CCOC(=O)NC1CCN(C(=O)c2ccccc2S)CC1. The second-order valence-corrected chi connectivity index (χ2v) is 5.43. The Bertz CT molecular complexity index is 513. The minimum absolute atomic E-state index is 0.00446. The van der Waals surface area contributed by atoms with E-state index in [0.29, 0.717) is 30.2 Å². The van der Waals surface area contributed by atoms with Crippen molar-refractivity contribution in [3.05, 3.63) is 29.8 Å². The number of nitrogens with one attached hydrogen (secondary N) is 1. The van der Waals surface area contributed by atoms with Crippen LogP contribution < -0.4 is 5.32 Å². The highest BCUT2D eigenvalue weighted by Crippen LogP contribution is 2.18. The highest BCUT2D eigenvalue weighted by Gasteiger charge is 2.25. The van der Waals surface area contributed by atoms with Crippen molar-refractivity contribution < 1.29 is 14.3 Å². The first-order valence-corrected chi connectivity index (χ1v) is 7.57. The Morgan fingerprint density at radius 3 is 2.62 bits per heavy atom. The Balaban J connectivity index is 1.88. The van der Waals surface area contributed by atoms with E-state index in [-0.39, 0.29) is 18.0 Å². The van der Waals surface area contributed by atoms with Crippen LogP contribution in [0, 0.1) is 0 Å². The minimum atomic E-state index is -0.386. The van der Waals surface area contributed by atoms with Crippen molar-refractivity contribution in [1.82, 2.24) is 10.2 Å². The molecule has 2 amide bonds. The molecule has 0 spiro atoms. The largest absolute Gasteiger partial charge is 0.450 e. The normalized spacial score (nSPS) is 15.6. The molecule has 114 valence electrons. The molecule has 5 nitrogen and oxygen atoms in total. The fraction of sp³-hybridized carbons (Fsp3) is 0.467. The lowest BCUT2D eigenvalue weighted by Gasteiger charge is -2.32. The third-order valence-electron chi connectivity index (χ3n) is 3.51. The van der Waals surface area contributed by atoms with Crippen LogP contribution in [0.15, 0.2) is 29.2 Å². The van der Waals surface area contributed by atoms with E-state index in [1.165, 1.54) is 0 Å². The number of ether oxygens (including phenoxy) is 1. The predicted molar refractivity (Wildman–Crippen MR) is 82.8 cm³/mol. The van der Waals surface area contributed by atoms with Crippen molar-refractivity contribution in [3.8, 4) is 0 Å². The monoisotopic (exact) mass is 308 g/mol. The van der Waals surface area contributed by atoms with E-state index in [2.05, 4.69) is 17.9 Å². The number of rotatable bonds is 3. The summed E-state index contributed by atoms with van der Waals surface area (Å²) in [6.07, 6.45) is 1.08. The first-order valence-electron chi connectivity index (χ1n) is 7.12. The fourth-order valence-corrected chi connectivity index (χ4v) is 2.65. The second-order valence-electron chi connectivity index (χ2n) is 4.95. The van der Waals surface area contributed by atoms with Gasteiger partial charge in [-0.05, 0) is 31.9 Å². The summed E-state index contributed by atoms with van der Waals surface area (Å²) in [6.45, 7) is 3.38. The van der Waals surface area contributed by atoms with E-state index in [4.69, 9.17) is 4.74 Å². The molecular formula is C15H20N2O3S. The van der Waals surface area contributed by atoms with E-state index in [1.807, 2.05) is 18.2 Å². The van der Waals surface area contributed by atoms with Crippen LogP contribution in [0.25, 0.3) is 0 Å². The van der Waals surface area contributed by atoms with Crippen LogP contribution in [0.4, 0.5) is 4.79 Å². The van der Waals surface area contributed by atoms with Gasteiger partial charge in [-0.25, -0.2) is 4.79 Å². The zero-order valence-electron chi connectivity index (χ0n) is 12.0. The molecule has 1 aliphatic heterocycles. The summed E-state index contributed by atoms with van der Waals surface area (Å²) in [7, 11) is 0. The number of thiol groups is 1. The Hall–Kier alpha value is -1.69. The van der Waals surface area contributed by atoms with Crippen LogP contribution in [-0.2, 0) is 4.74 Å². The molecule has 0 unspecified atom stereocenters. The van der Waals surface area contributed by atoms with Gasteiger partial charge in [-0.3, -0.25) is 4.79 Å². The van der Waals surface area contributed by atoms with Crippen molar-refractivity contribution in [2.24, 2.45) is 0 Å². The molecule has 0 aromatic heterocycles. The number of hydrogen-bond acceptors (Lipinski definition) is 4. The van der Waals surface area contributed by atoms with E-state index in [1.54, 1.807) is 17.9 Å². The average Bonchev–Trinajstić information content (AvgIpc) is 2.48. The summed E-state index contributed by atoms with van der Waals surface area (Å²) in [6, 6.07) is 7.36. The molecule has 0 radical (unpaired) electrons. The van der Waals surface area contributed by atoms with Gasteiger partial charge in [0.15, 0.2) is 0 Å². The third-order valence-corrected chi connectivity index (χ3v) is 3.90. The quantitative estimate of drug-likeness (QED) is 0.843. The number of benzene rings is 1. The molecule has 2 rings (SSSR count). The first-order chi connectivity index (χ1) is 10.1. The molecule has 0 bridgehead atoms. The summed E-state index contributed by atoms with van der Waals surface area (Å²) >= 11 is 4.32. The first kappa shape index (κ1) is 15.7. The lowest BCUT2D eigenvalue weighted by molar-refractivity contribution is 0.0699. The van der Waals surface area contributed by atoms with Gasteiger partial charge < -0.3 is 15.0 Å². The summed E-state index contributed by atoms with van der Waals surface area (Å²) in [5.41, 5.74) is 0.623. The number of piperidine rings is 1. The van der Waals surface area contributed by atoms with Crippen LogP contribution in [0.3, 0.4) is 0 Å². The van der Waals surface area contributed by atoms with Gasteiger partial charge in [0.05, 0.1) is 12.2 Å². The molecule has 21 heavy (non-hydrogen) atoms. The maximum atomic E-state index is 12.4. The summed E-state index contributed by atoms with van der Waals surface area (Å²) < 4.78 is 4.86. The smallest absolute Gasteiger partial charge is 0.407 e. The van der Waals surface area contributed by atoms with Crippen molar-refractivity contribution in [2.75, 3.05) is 19.7 Å². The van der Waals surface area contributed by atoms with Gasteiger partial charge in [-0.2, -0.15) is 0 Å². The Kier molecular flexibility index (Phi) is 5.50. The van der Waals surface area contributed by atoms with Gasteiger partial charge >= 0.3 is 6.09 Å². The van der Waals surface area contributed by atoms with E-state index in [0.717, 1.165) is 12.8 Å². The van der Waals surface area contributed by atoms with Gasteiger partial charge in [-0.1, -0.05) is 12.1 Å². The van der Waals surface area contributed by atoms with Crippen molar-refractivity contribution in [2.45, 2.75) is 30.7 Å². The zero-order chi connectivity index (χ0) is 15.2. The fourth-order valence-electron chi connectivity index (χ4n) is 2.39. The molecule has 1 aliphatic rings. The number of carbonyl (C=O) groups is 2. The Labute approximate surface area is 130 Å². The lowest BCUT2D eigenvalue weighted by Crippen LogP contribution is -2.46. The highest BCUT2D eigenvalue weighted by atomic mass is 32.1. The number of carbonyl (C=O) groups excluding carboxylic acids is 2. The van der Waals surface area contributed by atoms with E-state index in [9.17, 15) is 9.59 Å². The van der Waals surface area contributed by atoms with Gasteiger partial charge in [0, 0.05) is 24.0 Å². The molecular weight excluding hydrogens is 288 g/mol. The lowest BCUT2D eigenvalue weighted by atomic mass is 10.0. The second kappa shape index (κ2) is 7.36. The summed E-state index contributed by atoms with van der Waals surface area (Å²) in [5.74, 6) is -0.00446. The topological polar surface area (TPSA) is 58.6 Å². The molecule has 0 atom stereocenters. The van der Waals surface area contributed by atoms with E-state index >= 15 is 0 Å². The highest BCUT2D eigenvalue weighted by molar-refractivity contribution is 7.80. The Morgan fingerprint density at radius 2 is 2.00 bits per heavy atom. The maximum absolute atomic E-state index is 12.4. The molecule has 1 heterocycles. The van der Waals surface area contributed by atoms with Gasteiger partial charge in [0.2, 0.25) is 0 Å².